The molecule has 1 N–H and O–H groups in total. The smallest absolute Gasteiger partial charge is 0.329 e. The predicted octanol–water partition coefficient (Wildman–Crippen LogP) is 3.39. The average molecular weight is 282 g/mol. The lowest BCUT2D eigenvalue weighted by Gasteiger charge is -2.06. The molecule has 2 aromatic rings. The fourth-order valence-corrected chi connectivity index (χ4v) is 1.74. The molecule has 0 fully saturated rings. The third-order valence-corrected chi connectivity index (χ3v) is 2.74. The predicted molar refractivity (Wildman–Crippen MR) is 69.6 cm³/mol. The molecule has 0 saturated carbocycles. The van der Waals surface area contributed by atoms with Crippen molar-refractivity contribution in [3.63, 3.8) is 0 Å². The van der Waals surface area contributed by atoms with E-state index in [-0.39, 0.29) is 28.9 Å². The van der Waals surface area contributed by atoms with Crippen molar-refractivity contribution in [1.29, 1.82) is 0 Å². The summed E-state index contributed by atoms with van der Waals surface area (Å²) in [6.07, 6.45) is 1.38. The third kappa shape index (κ3) is 3.17. The van der Waals surface area contributed by atoms with Crippen LogP contribution in [-0.2, 0) is 6.54 Å². The van der Waals surface area contributed by atoms with Gasteiger partial charge in [-0.2, -0.15) is 0 Å². The Balaban J connectivity index is 2.18. The van der Waals surface area contributed by atoms with E-state index in [1.165, 1.54) is 24.4 Å². The number of rotatable bonds is 4. The molecule has 0 amide bonds. The molecular formula is C12H9ClFN3O2. The van der Waals surface area contributed by atoms with Gasteiger partial charge in [0.15, 0.2) is 0 Å². The second-order valence-corrected chi connectivity index (χ2v) is 4.13. The van der Waals surface area contributed by atoms with E-state index in [4.69, 9.17) is 11.6 Å². The Morgan fingerprint density at radius 2 is 2.00 bits per heavy atom. The number of benzene rings is 1. The van der Waals surface area contributed by atoms with Crippen molar-refractivity contribution in [2.45, 2.75) is 6.54 Å². The fourth-order valence-electron chi connectivity index (χ4n) is 1.52. The van der Waals surface area contributed by atoms with E-state index in [2.05, 4.69) is 10.3 Å². The maximum Gasteiger partial charge on any atom is 0.329 e. The molecule has 0 radical (unpaired) electrons. The molecule has 0 atom stereocenters. The zero-order chi connectivity index (χ0) is 13.8. The summed E-state index contributed by atoms with van der Waals surface area (Å²) in [5, 5.41) is 13.7. The minimum absolute atomic E-state index is 0.0154. The van der Waals surface area contributed by atoms with Crippen LogP contribution in [0.25, 0.3) is 0 Å². The van der Waals surface area contributed by atoms with Crippen molar-refractivity contribution in [1.82, 2.24) is 4.98 Å². The minimum atomic E-state index is -0.595. The zero-order valence-electron chi connectivity index (χ0n) is 9.64. The lowest BCUT2D eigenvalue weighted by atomic mass is 10.2. The van der Waals surface area contributed by atoms with Gasteiger partial charge in [-0.25, -0.2) is 9.37 Å². The molecule has 0 spiro atoms. The molecule has 5 nitrogen and oxygen atoms in total. The highest BCUT2D eigenvalue weighted by Gasteiger charge is 2.19. The van der Waals surface area contributed by atoms with Gasteiger partial charge < -0.3 is 5.32 Å². The van der Waals surface area contributed by atoms with Gasteiger partial charge in [-0.15, -0.1) is 0 Å². The van der Waals surface area contributed by atoms with Crippen LogP contribution in [0.1, 0.15) is 5.56 Å². The quantitative estimate of drug-likeness (QED) is 0.689. The molecule has 0 unspecified atom stereocenters. The lowest BCUT2D eigenvalue weighted by Crippen LogP contribution is -2.05. The van der Waals surface area contributed by atoms with E-state index in [0.717, 1.165) is 5.56 Å². The molecule has 0 aliphatic carbocycles. The van der Waals surface area contributed by atoms with Crippen LogP contribution < -0.4 is 5.32 Å². The largest absolute Gasteiger partial charge is 0.360 e. The number of nitro groups is 1. The molecule has 98 valence electrons. The molecule has 0 aliphatic rings. The lowest BCUT2D eigenvalue weighted by molar-refractivity contribution is -0.384. The summed E-state index contributed by atoms with van der Waals surface area (Å²) in [4.78, 5) is 14.2. The van der Waals surface area contributed by atoms with Gasteiger partial charge in [0.05, 0.1) is 4.92 Å². The summed E-state index contributed by atoms with van der Waals surface area (Å²) < 4.78 is 12.7. The first-order chi connectivity index (χ1) is 9.08. The van der Waals surface area contributed by atoms with Crippen LogP contribution in [0.4, 0.5) is 15.9 Å². The van der Waals surface area contributed by atoms with Gasteiger partial charge >= 0.3 is 5.69 Å². The van der Waals surface area contributed by atoms with Gasteiger partial charge in [0.1, 0.15) is 10.8 Å². The summed E-state index contributed by atoms with van der Waals surface area (Å²) in [7, 11) is 0. The van der Waals surface area contributed by atoms with Crippen molar-refractivity contribution < 1.29 is 9.31 Å². The highest BCUT2D eigenvalue weighted by molar-refractivity contribution is 6.33. The van der Waals surface area contributed by atoms with Gasteiger partial charge in [-0.05, 0) is 23.8 Å². The van der Waals surface area contributed by atoms with E-state index >= 15 is 0 Å². The molecule has 0 bridgehead atoms. The summed E-state index contributed by atoms with van der Waals surface area (Å²) in [5.41, 5.74) is 0.503. The summed E-state index contributed by atoms with van der Waals surface area (Å²) in [5.74, 6) is -0.252. The second-order valence-electron chi connectivity index (χ2n) is 3.73. The fraction of sp³-hybridized carbons (Fsp3) is 0.0833. The van der Waals surface area contributed by atoms with Crippen LogP contribution in [0, 0.1) is 15.9 Å². The van der Waals surface area contributed by atoms with Crippen molar-refractivity contribution in [2.24, 2.45) is 0 Å². The number of hydrogen-bond donors (Lipinski definition) is 1. The first-order valence-corrected chi connectivity index (χ1v) is 5.73. The maximum atomic E-state index is 12.7. The summed E-state index contributed by atoms with van der Waals surface area (Å²) >= 11 is 5.76. The van der Waals surface area contributed by atoms with Gasteiger partial charge in [0.25, 0.3) is 0 Å². The second kappa shape index (κ2) is 5.62. The van der Waals surface area contributed by atoms with E-state index in [1.807, 2.05) is 0 Å². The number of hydrogen-bond acceptors (Lipinski definition) is 4. The van der Waals surface area contributed by atoms with Crippen molar-refractivity contribution in [3.05, 3.63) is 63.0 Å². The Bertz CT molecular complexity index is 604. The van der Waals surface area contributed by atoms with Crippen LogP contribution >= 0.6 is 11.6 Å². The third-order valence-electron chi connectivity index (χ3n) is 2.43. The Hall–Kier alpha value is -2.21. The first kappa shape index (κ1) is 13.2. The van der Waals surface area contributed by atoms with Crippen molar-refractivity contribution in [3.8, 4) is 0 Å². The number of pyridine rings is 1. The molecule has 0 aliphatic heterocycles. The molecule has 1 aromatic carbocycles. The van der Waals surface area contributed by atoms with Gasteiger partial charge in [0, 0.05) is 12.7 Å². The molecule has 19 heavy (non-hydrogen) atoms. The number of aromatic nitrogens is 1. The van der Waals surface area contributed by atoms with Gasteiger partial charge in [0.2, 0.25) is 5.82 Å². The van der Waals surface area contributed by atoms with E-state index in [1.54, 1.807) is 12.1 Å². The minimum Gasteiger partial charge on any atom is -0.360 e. The summed E-state index contributed by atoms with van der Waals surface area (Å²) in [6.45, 7) is 0.286. The monoisotopic (exact) mass is 281 g/mol. The molecule has 1 aromatic heterocycles. The van der Waals surface area contributed by atoms with Gasteiger partial charge in [-0.3, -0.25) is 10.1 Å². The maximum absolute atomic E-state index is 12.7. The van der Waals surface area contributed by atoms with Crippen LogP contribution in [0.15, 0.2) is 36.5 Å². The van der Waals surface area contributed by atoms with Crippen LogP contribution in [0.2, 0.25) is 5.02 Å². The van der Waals surface area contributed by atoms with E-state index in [9.17, 15) is 14.5 Å². The molecular weight excluding hydrogens is 273 g/mol. The Morgan fingerprint density at radius 1 is 1.32 bits per heavy atom. The Labute approximate surface area is 113 Å². The zero-order valence-corrected chi connectivity index (χ0v) is 10.4. The Kier molecular flexibility index (Phi) is 3.91. The number of halogens is 2. The first-order valence-electron chi connectivity index (χ1n) is 5.35. The highest BCUT2D eigenvalue weighted by atomic mass is 35.5. The Morgan fingerprint density at radius 3 is 2.63 bits per heavy atom. The van der Waals surface area contributed by atoms with Crippen molar-refractivity contribution in [2.75, 3.05) is 5.32 Å². The average Bonchev–Trinajstić information content (AvgIpc) is 2.37. The molecule has 1 heterocycles. The van der Waals surface area contributed by atoms with Crippen molar-refractivity contribution >= 4 is 23.1 Å². The SMILES string of the molecule is O=[N+]([O-])c1c(Cl)ccnc1NCc1ccc(F)cc1. The van der Waals surface area contributed by atoms with Crippen LogP contribution in [0.5, 0.6) is 0 Å². The summed E-state index contributed by atoms with van der Waals surface area (Å²) in [6, 6.07) is 7.15. The molecule has 0 saturated heterocycles. The molecule has 7 heteroatoms. The molecule has 2 rings (SSSR count). The van der Waals surface area contributed by atoms with Gasteiger partial charge in [-0.1, -0.05) is 23.7 Å². The number of nitrogens with one attached hydrogen (secondary N) is 1. The van der Waals surface area contributed by atoms with E-state index < -0.39 is 4.92 Å². The standard InChI is InChI=1S/C12H9ClFN3O2/c13-10-5-6-15-12(11(10)17(18)19)16-7-8-1-3-9(14)4-2-8/h1-6H,7H2,(H,15,16). The van der Waals surface area contributed by atoms with Crippen LogP contribution in [0.3, 0.4) is 0 Å². The number of nitrogens with zero attached hydrogens (tertiary/aromatic N) is 2. The van der Waals surface area contributed by atoms with Crippen LogP contribution in [-0.4, -0.2) is 9.91 Å². The number of anilines is 1. The van der Waals surface area contributed by atoms with E-state index in [0.29, 0.717) is 0 Å². The normalized spacial score (nSPS) is 10.2. The highest BCUT2D eigenvalue weighted by Crippen LogP contribution is 2.30. The topological polar surface area (TPSA) is 68.1 Å².